The zero-order valence-electron chi connectivity index (χ0n) is 9.80. The average Bonchev–Trinajstić information content (AvgIpc) is 2.29. The predicted octanol–water partition coefficient (Wildman–Crippen LogP) is 1.52. The van der Waals surface area contributed by atoms with E-state index in [0.717, 1.165) is 11.3 Å². The van der Waals surface area contributed by atoms with Crippen LogP contribution in [0.4, 0.5) is 0 Å². The van der Waals surface area contributed by atoms with Crippen LogP contribution < -0.4 is 0 Å². The number of hydrogen-bond donors (Lipinski definition) is 0. The van der Waals surface area contributed by atoms with Crippen LogP contribution in [0.25, 0.3) is 0 Å². The van der Waals surface area contributed by atoms with Crippen molar-refractivity contribution in [2.24, 2.45) is 5.10 Å². The van der Waals surface area contributed by atoms with Crippen LogP contribution in [0.2, 0.25) is 0 Å². The highest BCUT2D eigenvalue weighted by molar-refractivity contribution is 5.98. The summed E-state index contributed by atoms with van der Waals surface area (Å²) in [5, 5.41) is 5.85. The zero-order valence-corrected chi connectivity index (χ0v) is 9.80. The van der Waals surface area contributed by atoms with Crippen molar-refractivity contribution in [3.63, 3.8) is 0 Å². The third-order valence-corrected chi connectivity index (χ3v) is 2.10. The molecule has 0 amide bonds. The lowest BCUT2D eigenvalue weighted by Gasteiger charge is -2.12. The molecule has 4 nitrogen and oxygen atoms in total. The molecule has 0 spiro atoms. The molecule has 1 aromatic rings. The van der Waals surface area contributed by atoms with Gasteiger partial charge in [0, 0.05) is 7.05 Å². The topological polar surface area (TPSA) is 41.9 Å². The zero-order chi connectivity index (χ0) is 12.0. The molecule has 0 fully saturated rings. The maximum atomic E-state index is 11.0. The monoisotopic (exact) mass is 220 g/mol. The van der Waals surface area contributed by atoms with Gasteiger partial charge in [-0.1, -0.05) is 30.3 Å². The summed E-state index contributed by atoms with van der Waals surface area (Å²) in [7, 11) is 3.10. The molecule has 0 atom stereocenters. The van der Waals surface area contributed by atoms with Gasteiger partial charge in [0.05, 0.1) is 12.8 Å². The van der Waals surface area contributed by atoms with Crippen molar-refractivity contribution < 1.29 is 9.53 Å². The number of esters is 1. The second-order valence-electron chi connectivity index (χ2n) is 3.44. The minimum absolute atomic E-state index is 0.153. The highest BCUT2D eigenvalue weighted by Crippen LogP contribution is 2.01. The van der Waals surface area contributed by atoms with Crippen LogP contribution in [0.3, 0.4) is 0 Å². The molecule has 0 bridgehead atoms. The van der Waals surface area contributed by atoms with E-state index in [-0.39, 0.29) is 12.5 Å². The van der Waals surface area contributed by atoms with Crippen LogP contribution in [0.15, 0.2) is 35.4 Å². The smallest absolute Gasteiger partial charge is 0.327 e. The van der Waals surface area contributed by atoms with Gasteiger partial charge in [0.15, 0.2) is 0 Å². The lowest BCUT2D eigenvalue weighted by Crippen LogP contribution is -2.23. The van der Waals surface area contributed by atoms with E-state index in [1.807, 2.05) is 37.3 Å². The van der Waals surface area contributed by atoms with E-state index < -0.39 is 0 Å². The van der Waals surface area contributed by atoms with Crippen LogP contribution >= 0.6 is 0 Å². The molecule has 0 aliphatic rings. The lowest BCUT2D eigenvalue weighted by molar-refractivity contribution is -0.141. The fourth-order valence-electron chi connectivity index (χ4n) is 1.28. The molecule has 0 radical (unpaired) electrons. The van der Waals surface area contributed by atoms with E-state index >= 15 is 0 Å². The molecule has 0 aliphatic heterocycles. The summed E-state index contributed by atoms with van der Waals surface area (Å²) < 4.78 is 4.56. The Bertz CT molecular complexity index is 374. The van der Waals surface area contributed by atoms with E-state index in [1.165, 1.54) is 7.11 Å². The van der Waals surface area contributed by atoms with Crippen LogP contribution in [-0.2, 0) is 9.53 Å². The maximum Gasteiger partial charge on any atom is 0.327 e. The number of carbonyl (C=O) groups is 1. The third kappa shape index (κ3) is 3.73. The molecule has 0 N–H and O–H groups in total. The molecule has 16 heavy (non-hydrogen) atoms. The number of ether oxygens (including phenoxy) is 1. The van der Waals surface area contributed by atoms with Gasteiger partial charge in [0.25, 0.3) is 0 Å². The molecule has 86 valence electrons. The van der Waals surface area contributed by atoms with Gasteiger partial charge >= 0.3 is 5.97 Å². The first-order valence-corrected chi connectivity index (χ1v) is 5.02. The van der Waals surface area contributed by atoms with Gasteiger partial charge in [-0.05, 0) is 12.5 Å². The molecule has 0 aliphatic carbocycles. The van der Waals surface area contributed by atoms with Gasteiger partial charge in [-0.2, -0.15) is 5.10 Å². The van der Waals surface area contributed by atoms with Crippen LogP contribution in [0.1, 0.15) is 12.5 Å². The average molecular weight is 220 g/mol. The van der Waals surface area contributed by atoms with Crippen molar-refractivity contribution in [1.82, 2.24) is 5.01 Å². The van der Waals surface area contributed by atoms with Crippen molar-refractivity contribution in [1.29, 1.82) is 0 Å². The fourth-order valence-corrected chi connectivity index (χ4v) is 1.28. The second kappa shape index (κ2) is 5.90. The fraction of sp³-hybridized carbons (Fsp3) is 0.333. The van der Waals surface area contributed by atoms with Gasteiger partial charge in [0.2, 0.25) is 0 Å². The number of benzene rings is 1. The molecular weight excluding hydrogens is 204 g/mol. The second-order valence-corrected chi connectivity index (χ2v) is 3.44. The van der Waals surface area contributed by atoms with Crippen molar-refractivity contribution >= 4 is 11.7 Å². The predicted molar refractivity (Wildman–Crippen MR) is 63.3 cm³/mol. The number of rotatable bonds is 4. The largest absolute Gasteiger partial charge is 0.468 e. The quantitative estimate of drug-likeness (QED) is 0.439. The van der Waals surface area contributed by atoms with Gasteiger partial charge in [-0.15, -0.1) is 0 Å². The van der Waals surface area contributed by atoms with Gasteiger partial charge in [0.1, 0.15) is 6.54 Å². The summed E-state index contributed by atoms with van der Waals surface area (Å²) >= 11 is 0. The minimum Gasteiger partial charge on any atom is -0.468 e. The Morgan fingerprint density at radius 2 is 2.00 bits per heavy atom. The molecule has 0 saturated heterocycles. The lowest BCUT2D eigenvalue weighted by atomic mass is 10.1. The van der Waals surface area contributed by atoms with E-state index in [9.17, 15) is 4.79 Å². The molecule has 1 rings (SSSR count). The number of likely N-dealkylation sites (N-methyl/N-ethyl adjacent to an activating group) is 1. The normalized spacial score (nSPS) is 11.1. The highest BCUT2D eigenvalue weighted by Gasteiger charge is 2.04. The van der Waals surface area contributed by atoms with Crippen molar-refractivity contribution in [2.45, 2.75) is 6.92 Å². The first kappa shape index (κ1) is 12.2. The summed E-state index contributed by atoms with van der Waals surface area (Å²) in [5.41, 5.74) is 1.91. The van der Waals surface area contributed by atoms with Gasteiger partial charge in [-0.3, -0.25) is 9.80 Å². The van der Waals surface area contributed by atoms with E-state index in [1.54, 1.807) is 12.1 Å². The van der Waals surface area contributed by atoms with E-state index in [4.69, 9.17) is 0 Å². The third-order valence-electron chi connectivity index (χ3n) is 2.10. The first-order valence-electron chi connectivity index (χ1n) is 5.02. The highest BCUT2D eigenvalue weighted by atomic mass is 16.5. The van der Waals surface area contributed by atoms with Crippen molar-refractivity contribution in [2.75, 3.05) is 20.7 Å². The molecular formula is C12H16N2O2. The molecule has 1 aromatic carbocycles. The number of hydrazone groups is 1. The summed E-state index contributed by atoms with van der Waals surface area (Å²) in [4.78, 5) is 11.0. The molecule has 0 aromatic heterocycles. The standard InChI is InChI=1S/C12H16N2O2/c1-10(11-7-5-4-6-8-11)13-14(2)9-12(15)16-3/h4-8H,9H2,1-3H3. The maximum absolute atomic E-state index is 11.0. The number of hydrogen-bond acceptors (Lipinski definition) is 4. The van der Waals surface area contributed by atoms with Crippen LogP contribution in [-0.4, -0.2) is 37.4 Å². The Morgan fingerprint density at radius 3 is 2.56 bits per heavy atom. The Morgan fingerprint density at radius 1 is 1.38 bits per heavy atom. The Balaban J connectivity index is 2.66. The molecule has 0 unspecified atom stereocenters. The minimum atomic E-state index is -0.299. The molecule has 0 saturated carbocycles. The first-order chi connectivity index (χ1) is 7.63. The van der Waals surface area contributed by atoms with Crippen molar-refractivity contribution in [3.8, 4) is 0 Å². The Labute approximate surface area is 95.5 Å². The Hall–Kier alpha value is -1.84. The van der Waals surface area contributed by atoms with E-state index in [2.05, 4.69) is 9.84 Å². The molecule has 4 heteroatoms. The number of nitrogens with zero attached hydrogens (tertiary/aromatic N) is 2. The Kier molecular flexibility index (Phi) is 4.51. The summed E-state index contributed by atoms with van der Waals surface area (Å²) in [6.07, 6.45) is 0. The summed E-state index contributed by atoms with van der Waals surface area (Å²) in [5.74, 6) is -0.299. The number of methoxy groups -OCH3 is 1. The van der Waals surface area contributed by atoms with E-state index in [0.29, 0.717) is 0 Å². The molecule has 0 heterocycles. The van der Waals surface area contributed by atoms with Crippen molar-refractivity contribution in [3.05, 3.63) is 35.9 Å². The summed E-state index contributed by atoms with van der Waals surface area (Å²) in [6.45, 7) is 2.06. The SMILES string of the molecule is COC(=O)CN(C)N=C(C)c1ccccc1. The number of carbonyl (C=O) groups excluding carboxylic acids is 1. The summed E-state index contributed by atoms with van der Waals surface area (Å²) in [6, 6.07) is 9.81. The van der Waals surface area contributed by atoms with Gasteiger partial charge in [-0.25, -0.2) is 0 Å². The van der Waals surface area contributed by atoms with Crippen LogP contribution in [0.5, 0.6) is 0 Å². The van der Waals surface area contributed by atoms with Gasteiger partial charge < -0.3 is 4.74 Å². The van der Waals surface area contributed by atoms with Crippen LogP contribution in [0, 0.1) is 0 Å².